The lowest BCUT2D eigenvalue weighted by Gasteiger charge is -2.39. The smallest absolute Gasteiger partial charge is 0.408 e. The molecular formula is C27H32N2O5. The number of carbonyl (C=O) groups excluding carboxylic acids is 2. The number of rotatable bonds is 8. The van der Waals surface area contributed by atoms with E-state index in [-0.39, 0.29) is 25.0 Å². The molecule has 34 heavy (non-hydrogen) atoms. The van der Waals surface area contributed by atoms with Crippen LogP contribution in [0.1, 0.15) is 62.5 Å². The molecule has 2 aliphatic rings. The number of nitrogens with zero attached hydrogens (tertiary/aromatic N) is 1. The zero-order chi connectivity index (χ0) is 24.1. The van der Waals surface area contributed by atoms with Crippen LogP contribution < -0.4 is 5.32 Å². The van der Waals surface area contributed by atoms with Crippen molar-refractivity contribution in [3.63, 3.8) is 0 Å². The minimum absolute atomic E-state index is 0.0697. The first kappa shape index (κ1) is 23.8. The van der Waals surface area contributed by atoms with Crippen molar-refractivity contribution in [1.82, 2.24) is 10.2 Å². The van der Waals surface area contributed by atoms with Crippen LogP contribution >= 0.6 is 0 Å². The van der Waals surface area contributed by atoms with Crippen LogP contribution in [-0.2, 0) is 14.3 Å². The van der Waals surface area contributed by atoms with E-state index in [4.69, 9.17) is 4.74 Å². The number of alkyl carbamates (subject to hydrolysis) is 1. The Morgan fingerprint density at radius 1 is 1.00 bits per heavy atom. The van der Waals surface area contributed by atoms with Crippen molar-refractivity contribution in [3.8, 4) is 11.1 Å². The second kappa shape index (κ2) is 10.3. The zero-order valence-corrected chi connectivity index (χ0v) is 19.6. The number of nitrogens with one attached hydrogen (secondary N) is 1. The molecule has 0 bridgehead atoms. The SMILES string of the molecule is CCCN(CC(=O)O)C(=O)C1(NC(=O)OCC2c3ccccc3-c3ccccc32)CCCCC1. The molecule has 0 atom stereocenters. The lowest BCUT2D eigenvalue weighted by molar-refractivity contribution is -0.148. The van der Waals surface area contributed by atoms with Crippen LogP contribution in [0.15, 0.2) is 48.5 Å². The summed E-state index contributed by atoms with van der Waals surface area (Å²) in [5, 5.41) is 12.2. The number of ether oxygens (including phenoxy) is 1. The average molecular weight is 465 g/mol. The van der Waals surface area contributed by atoms with Crippen LogP contribution in [0.2, 0.25) is 0 Å². The highest BCUT2D eigenvalue weighted by molar-refractivity contribution is 5.92. The Kier molecular flexibility index (Phi) is 7.20. The Morgan fingerprint density at radius 3 is 2.15 bits per heavy atom. The second-order valence-electron chi connectivity index (χ2n) is 9.21. The third kappa shape index (κ3) is 4.79. The maximum absolute atomic E-state index is 13.5. The number of carbonyl (C=O) groups is 3. The molecule has 0 spiro atoms. The van der Waals surface area contributed by atoms with Crippen molar-refractivity contribution in [2.24, 2.45) is 0 Å². The lowest BCUT2D eigenvalue weighted by Crippen LogP contribution is -2.61. The number of carboxylic acids is 1. The molecule has 2 N–H and O–H groups in total. The third-order valence-corrected chi connectivity index (χ3v) is 6.91. The van der Waals surface area contributed by atoms with Crippen molar-refractivity contribution in [2.45, 2.75) is 56.9 Å². The molecule has 2 aromatic carbocycles. The summed E-state index contributed by atoms with van der Waals surface area (Å²) in [5.74, 6) is -1.46. The molecule has 0 aliphatic heterocycles. The maximum atomic E-state index is 13.5. The van der Waals surface area contributed by atoms with Gasteiger partial charge in [0.25, 0.3) is 0 Å². The van der Waals surface area contributed by atoms with E-state index in [1.807, 2.05) is 31.2 Å². The molecule has 1 saturated carbocycles. The molecule has 7 heteroatoms. The monoisotopic (exact) mass is 464 g/mol. The molecule has 0 saturated heterocycles. The van der Waals surface area contributed by atoms with E-state index in [1.165, 1.54) is 4.90 Å². The normalized spacial score (nSPS) is 16.3. The molecule has 4 rings (SSSR count). The van der Waals surface area contributed by atoms with Crippen molar-refractivity contribution in [3.05, 3.63) is 59.7 Å². The fourth-order valence-electron chi connectivity index (χ4n) is 5.37. The fourth-order valence-corrected chi connectivity index (χ4v) is 5.37. The standard InChI is InChI=1S/C27H32N2O5/c1-2-16-29(17-24(30)31)25(32)27(14-8-3-9-15-27)28-26(33)34-18-23-21-12-6-4-10-19(21)20-11-5-7-13-22(20)23/h4-7,10-13,23H,2-3,8-9,14-18H2,1H3,(H,28,33)(H,30,31). The Balaban J connectivity index is 1.49. The number of amides is 2. The highest BCUT2D eigenvalue weighted by atomic mass is 16.5. The molecule has 2 aromatic rings. The number of hydrogen-bond acceptors (Lipinski definition) is 4. The van der Waals surface area contributed by atoms with Gasteiger partial charge in [-0.3, -0.25) is 9.59 Å². The average Bonchev–Trinajstić information content (AvgIpc) is 3.16. The Labute approximate surface area is 200 Å². The van der Waals surface area contributed by atoms with Crippen LogP contribution in [0.5, 0.6) is 0 Å². The number of fused-ring (bicyclic) bond motifs is 3. The van der Waals surface area contributed by atoms with E-state index in [9.17, 15) is 19.5 Å². The Hall–Kier alpha value is -3.35. The van der Waals surface area contributed by atoms with E-state index < -0.39 is 17.6 Å². The van der Waals surface area contributed by atoms with Gasteiger partial charge in [-0.15, -0.1) is 0 Å². The summed E-state index contributed by atoms with van der Waals surface area (Å²) in [7, 11) is 0. The first-order chi connectivity index (χ1) is 16.4. The van der Waals surface area contributed by atoms with E-state index in [1.54, 1.807) is 0 Å². The fraction of sp³-hybridized carbons (Fsp3) is 0.444. The largest absolute Gasteiger partial charge is 0.480 e. The van der Waals surface area contributed by atoms with E-state index in [0.717, 1.165) is 41.5 Å². The summed E-state index contributed by atoms with van der Waals surface area (Å²) in [6, 6.07) is 16.2. The summed E-state index contributed by atoms with van der Waals surface area (Å²) in [5.41, 5.74) is 3.42. The highest BCUT2D eigenvalue weighted by Crippen LogP contribution is 2.44. The van der Waals surface area contributed by atoms with Gasteiger partial charge in [0.1, 0.15) is 18.7 Å². The minimum atomic E-state index is -1.12. The summed E-state index contributed by atoms with van der Waals surface area (Å²) in [6.45, 7) is 2.02. The maximum Gasteiger partial charge on any atom is 0.408 e. The van der Waals surface area contributed by atoms with Crippen molar-refractivity contribution >= 4 is 18.0 Å². The first-order valence-corrected chi connectivity index (χ1v) is 12.1. The summed E-state index contributed by atoms with van der Waals surface area (Å²) in [4.78, 5) is 39.1. The predicted molar refractivity (Wildman–Crippen MR) is 129 cm³/mol. The zero-order valence-electron chi connectivity index (χ0n) is 19.6. The van der Waals surface area contributed by atoms with Gasteiger partial charge in [0.15, 0.2) is 0 Å². The molecule has 0 heterocycles. The molecule has 0 radical (unpaired) electrons. The Morgan fingerprint density at radius 2 is 1.59 bits per heavy atom. The molecule has 180 valence electrons. The van der Waals surface area contributed by atoms with Crippen LogP contribution in [-0.4, -0.2) is 53.2 Å². The van der Waals surface area contributed by atoms with Gasteiger partial charge < -0.3 is 20.1 Å². The van der Waals surface area contributed by atoms with Crippen LogP contribution in [0.3, 0.4) is 0 Å². The van der Waals surface area contributed by atoms with Gasteiger partial charge >= 0.3 is 12.1 Å². The van der Waals surface area contributed by atoms with Gasteiger partial charge in [-0.05, 0) is 41.5 Å². The quantitative estimate of drug-likeness (QED) is 0.597. The minimum Gasteiger partial charge on any atom is -0.480 e. The van der Waals surface area contributed by atoms with Gasteiger partial charge in [0, 0.05) is 12.5 Å². The van der Waals surface area contributed by atoms with E-state index in [0.29, 0.717) is 25.8 Å². The molecule has 7 nitrogen and oxygen atoms in total. The molecule has 0 unspecified atom stereocenters. The van der Waals surface area contributed by atoms with Gasteiger partial charge in [0.05, 0.1) is 0 Å². The summed E-state index contributed by atoms with van der Waals surface area (Å²) < 4.78 is 5.70. The second-order valence-corrected chi connectivity index (χ2v) is 9.21. The van der Waals surface area contributed by atoms with Crippen molar-refractivity contribution in [1.29, 1.82) is 0 Å². The number of hydrogen-bond donors (Lipinski definition) is 2. The van der Waals surface area contributed by atoms with Crippen LogP contribution in [0, 0.1) is 0 Å². The lowest BCUT2D eigenvalue weighted by atomic mass is 9.80. The third-order valence-electron chi connectivity index (χ3n) is 6.91. The summed E-state index contributed by atoms with van der Waals surface area (Å²) in [6.07, 6.45) is 3.54. The van der Waals surface area contributed by atoms with Gasteiger partial charge in [0.2, 0.25) is 5.91 Å². The molecule has 2 amide bonds. The number of benzene rings is 2. The Bertz CT molecular complexity index is 1010. The molecular weight excluding hydrogens is 432 g/mol. The van der Waals surface area contributed by atoms with Gasteiger partial charge in [-0.1, -0.05) is 74.7 Å². The van der Waals surface area contributed by atoms with Crippen LogP contribution in [0.4, 0.5) is 4.79 Å². The number of carboxylic acid groups (broad SMARTS) is 1. The first-order valence-electron chi connectivity index (χ1n) is 12.1. The predicted octanol–water partition coefficient (Wildman–Crippen LogP) is 4.55. The van der Waals surface area contributed by atoms with Crippen molar-refractivity contribution < 1.29 is 24.2 Å². The van der Waals surface area contributed by atoms with Gasteiger partial charge in [-0.25, -0.2) is 4.79 Å². The highest BCUT2D eigenvalue weighted by Gasteiger charge is 2.44. The topological polar surface area (TPSA) is 95.9 Å². The van der Waals surface area contributed by atoms with Crippen molar-refractivity contribution in [2.75, 3.05) is 19.7 Å². The van der Waals surface area contributed by atoms with Gasteiger partial charge in [-0.2, -0.15) is 0 Å². The van der Waals surface area contributed by atoms with E-state index in [2.05, 4.69) is 29.6 Å². The summed E-state index contributed by atoms with van der Waals surface area (Å²) >= 11 is 0. The molecule has 0 aromatic heterocycles. The molecule has 1 fully saturated rings. The molecule has 2 aliphatic carbocycles. The van der Waals surface area contributed by atoms with E-state index >= 15 is 0 Å². The van der Waals surface area contributed by atoms with Crippen LogP contribution in [0.25, 0.3) is 11.1 Å². The number of aliphatic carboxylic acids is 1.